The second-order valence-corrected chi connectivity index (χ2v) is 6.48. The Morgan fingerprint density at radius 2 is 1.41 bits per heavy atom. The first kappa shape index (κ1) is 20.6. The van der Waals surface area contributed by atoms with Crippen LogP contribution in [0.2, 0.25) is 0 Å². The van der Waals surface area contributed by atoms with E-state index in [4.69, 9.17) is 5.11 Å². The van der Waals surface area contributed by atoms with Gasteiger partial charge in [0.05, 0.1) is 6.42 Å². The third-order valence-electron chi connectivity index (χ3n) is 4.25. The zero-order chi connectivity index (χ0) is 19.5. The van der Waals surface area contributed by atoms with Crippen molar-refractivity contribution < 1.29 is 19.8 Å². The maximum absolute atomic E-state index is 11.8. The largest absolute Gasteiger partial charge is 0.481 e. The SMILES string of the molecule is O=C(O)CCNC[C@H](Cc1ccccc1)N[C@@H](Cc1ccccc1)C(=O)O. The number of hydrogen-bond donors (Lipinski definition) is 4. The molecule has 27 heavy (non-hydrogen) atoms. The van der Waals surface area contributed by atoms with Crippen LogP contribution in [0.3, 0.4) is 0 Å². The zero-order valence-electron chi connectivity index (χ0n) is 15.2. The monoisotopic (exact) mass is 370 g/mol. The highest BCUT2D eigenvalue weighted by molar-refractivity contribution is 5.74. The van der Waals surface area contributed by atoms with Crippen LogP contribution in [0, 0.1) is 0 Å². The molecule has 0 unspecified atom stereocenters. The summed E-state index contributed by atoms with van der Waals surface area (Å²) in [6.07, 6.45) is 1.07. The Bertz CT molecular complexity index is 707. The molecule has 0 heterocycles. The van der Waals surface area contributed by atoms with E-state index in [-0.39, 0.29) is 12.5 Å². The lowest BCUT2D eigenvalue weighted by molar-refractivity contribution is -0.139. The highest BCUT2D eigenvalue weighted by atomic mass is 16.4. The number of hydrogen-bond acceptors (Lipinski definition) is 4. The van der Waals surface area contributed by atoms with Crippen LogP contribution in [0.5, 0.6) is 0 Å². The molecule has 0 aromatic heterocycles. The van der Waals surface area contributed by atoms with Gasteiger partial charge in [-0.05, 0) is 24.0 Å². The first-order valence-electron chi connectivity index (χ1n) is 9.04. The predicted molar refractivity (Wildman–Crippen MR) is 104 cm³/mol. The Kier molecular flexibility index (Phi) is 8.48. The summed E-state index contributed by atoms with van der Waals surface area (Å²) in [5, 5.41) is 24.7. The molecule has 6 heteroatoms. The number of carboxylic acids is 2. The molecule has 0 bridgehead atoms. The second-order valence-electron chi connectivity index (χ2n) is 6.48. The van der Waals surface area contributed by atoms with E-state index in [1.807, 2.05) is 60.7 Å². The minimum atomic E-state index is -0.901. The molecule has 2 aromatic rings. The van der Waals surface area contributed by atoms with Crippen molar-refractivity contribution in [3.63, 3.8) is 0 Å². The van der Waals surface area contributed by atoms with Gasteiger partial charge in [-0.25, -0.2) is 0 Å². The molecule has 0 aliphatic carbocycles. The van der Waals surface area contributed by atoms with Gasteiger partial charge in [0.1, 0.15) is 6.04 Å². The van der Waals surface area contributed by atoms with Crippen LogP contribution in [0.25, 0.3) is 0 Å². The molecule has 2 atom stereocenters. The van der Waals surface area contributed by atoms with Crippen molar-refractivity contribution in [3.05, 3.63) is 71.8 Å². The van der Waals surface area contributed by atoms with E-state index < -0.39 is 18.0 Å². The molecule has 6 nitrogen and oxygen atoms in total. The van der Waals surface area contributed by atoms with Crippen molar-refractivity contribution in [1.29, 1.82) is 0 Å². The normalized spacial score (nSPS) is 13.0. The molecule has 2 rings (SSSR count). The summed E-state index contributed by atoms with van der Waals surface area (Å²) in [6.45, 7) is 0.833. The summed E-state index contributed by atoms with van der Waals surface area (Å²) in [7, 11) is 0. The Morgan fingerprint density at radius 3 is 1.93 bits per heavy atom. The molecule has 0 spiro atoms. The summed E-state index contributed by atoms with van der Waals surface area (Å²) in [6, 6.07) is 18.5. The minimum absolute atomic E-state index is 0.0322. The van der Waals surface area contributed by atoms with Gasteiger partial charge in [0, 0.05) is 19.1 Å². The number of benzene rings is 2. The first-order chi connectivity index (χ1) is 13.0. The number of rotatable bonds is 12. The summed E-state index contributed by atoms with van der Waals surface area (Å²) in [5.41, 5.74) is 2.05. The van der Waals surface area contributed by atoms with E-state index in [1.54, 1.807) is 0 Å². The van der Waals surface area contributed by atoms with Crippen molar-refractivity contribution in [2.45, 2.75) is 31.3 Å². The van der Waals surface area contributed by atoms with Crippen LogP contribution in [-0.4, -0.2) is 47.3 Å². The van der Waals surface area contributed by atoms with Gasteiger partial charge in [-0.15, -0.1) is 0 Å². The summed E-state index contributed by atoms with van der Waals surface area (Å²) < 4.78 is 0. The average Bonchev–Trinajstić information content (AvgIpc) is 2.66. The molecule has 0 aliphatic heterocycles. The number of nitrogens with one attached hydrogen (secondary N) is 2. The molecular weight excluding hydrogens is 344 g/mol. The maximum Gasteiger partial charge on any atom is 0.321 e. The third-order valence-corrected chi connectivity index (χ3v) is 4.25. The van der Waals surface area contributed by atoms with E-state index in [9.17, 15) is 14.7 Å². The van der Waals surface area contributed by atoms with Crippen molar-refractivity contribution >= 4 is 11.9 Å². The number of carboxylic acid groups (broad SMARTS) is 2. The Morgan fingerprint density at radius 1 is 0.852 bits per heavy atom. The number of carbonyl (C=O) groups is 2. The van der Waals surface area contributed by atoms with E-state index in [2.05, 4.69) is 10.6 Å². The van der Waals surface area contributed by atoms with Crippen LogP contribution >= 0.6 is 0 Å². The van der Waals surface area contributed by atoms with Gasteiger partial charge in [0.15, 0.2) is 0 Å². The number of aliphatic carboxylic acids is 2. The molecule has 0 amide bonds. The molecule has 0 fully saturated rings. The Hall–Kier alpha value is -2.70. The summed E-state index contributed by atoms with van der Waals surface area (Å²) >= 11 is 0. The van der Waals surface area contributed by atoms with E-state index in [0.29, 0.717) is 25.9 Å². The van der Waals surface area contributed by atoms with E-state index in [1.165, 1.54) is 0 Å². The predicted octanol–water partition coefficient (Wildman–Crippen LogP) is 1.95. The lowest BCUT2D eigenvalue weighted by Crippen LogP contribution is -2.49. The highest BCUT2D eigenvalue weighted by Gasteiger charge is 2.22. The first-order valence-corrected chi connectivity index (χ1v) is 9.04. The van der Waals surface area contributed by atoms with Crippen LogP contribution in [-0.2, 0) is 22.4 Å². The van der Waals surface area contributed by atoms with Crippen LogP contribution in [0.4, 0.5) is 0 Å². The average molecular weight is 370 g/mol. The fraction of sp³-hybridized carbons (Fsp3) is 0.333. The Balaban J connectivity index is 2.02. The van der Waals surface area contributed by atoms with Gasteiger partial charge in [-0.2, -0.15) is 0 Å². The van der Waals surface area contributed by atoms with Gasteiger partial charge < -0.3 is 15.5 Å². The van der Waals surface area contributed by atoms with Gasteiger partial charge in [0.25, 0.3) is 0 Å². The highest BCUT2D eigenvalue weighted by Crippen LogP contribution is 2.08. The van der Waals surface area contributed by atoms with Gasteiger partial charge >= 0.3 is 11.9 Å². The lowest BCUT2D eigenvalue weighted by atomic mass is 10.0. The van der Waals surface area contributed by atoms with Crippen molar-refractivity contribution in [1.82, 2.24) is 10.6 Å². The lowest BCUT2D eigenvalue weighted by Gasteiger charge is -2.24. The fourth-order valence-electron chi connectivity index (χ4n) is 2.91. The van der Waals surface area contributed by atoms with Crippen LogP contribution in [0.1, 0.15) is 17.5 Å². The van der Waals surface area contributed by atoms with Crippen LogP contribution in [0.15, 0.2) is 60.7 Å². The molecule has 0 aliphatic rings. The van der Waals surface area contributed by atoms with Crippen molar-refractivity contribution in [2.24, 2.45) is 0 Å². The quantitative estimate of drug-likeness (QED) is 0.426. The molecule has 144 valence electrons. The van der Waals surface area contributed by atoms with E-state index in [0.717, 1.165) is 11.1 Å². The fourth-order valence-corrected chi connectivity index (χ4v) is 2.91. The molecule has 0 radical (unpaired) electrons. The summed E-state index contributed by atoms with van der Waals surface area (Å²) in [4.78, 5) is 22.4. The molecule has 0 saturated carbocycles. The van der Waals surface area contributed by atoms with Crippen LogP contribution < -0.4 is 10.6 Å². The minimum Gasteiger partial charge on any atom is -0.481 e. The van der Waals surface area contributed by atoms with Gasteiger partial charge in [0.2, 0.25) is 0 Å². The zero-order valence-corrected chi connectivity index (χ0v) is 15.2. The summed E-state index contributed by atoms with van der Waals surface area (Å²) in [5.74, 6) is -1.76. The standard InChI is InChI=1S/C21H26N2O4/c24-20(25)11-12-22-15-18(13-16-7-3-1-4-8-16)23-19(21(26)27)14-17-9-5-2-6-10-17/h1-10,18-19,22-23H,11-15H2,(H,24,25)(H,26,27)/t18-,19-/m0/s1. The van der Waals surface area contributed by atoms with Crippen molar-refractivity contribution in [3.8, 4) is 0 Å². The second kappa shape index (κ2) is 11.1. The molecule has 0 saturated heterocycles. The topological polar surface area (TPSA) is 98.7 Å². The smallest absolute Gasteiger partial charge is 0.321 e. The van der Waals surface area contributed by atoms with Crippen molar-refractivity contribution in [2.75, 3.05) is 13.1 Å². The van der Waals surface area contributed by atoms with Gasteiger partial charge in [-0.3, -0.25) is 14.9 Å². The maximum atomic E-state index is 11.8. The van der Waals surface area contributed by atoms with E-state index >= 15 is 0 Å². The van der Waals surface area contributed by atoms with Gasteiger partial charge in [-0.1, -0.05) is 60.7 Å². The molecular formula is C21H26N2O4. The third kappa shape index (κ3) is 8.02. The Labute approximate surface area is 159 Å². The molecule has 2 aromatic carbocycles. The molecule has 4 N–H and O–H groups in total.